The summed E-state index contributed by atoms with van der Waals surface area (Å²) in [4.78, 5) is 4.29. The molecule has 4 nitrogen and oxygen atoms in total. The van der Waals surface area contributed by atoms with Crippen LogP contribution in [0.15, 0.2) is 30.7 Å². The number of imidazole rings is 1. The third kappa shape index (κ3) is 2.53. The van der Waals surface area contributed by atoms with Crippen molar-refractivity contribution in [2.45, 2.75) is 25.4 Å². The first-order valence-electron chi connectivity index (χ1n) is 6.84. The maximum atomic E-state index is 6.31. The average Bonchev–Trinajstić information content (AvgIpc) is 3.11. The van der Waals surface area contributed by atoms with Crippen LogP contribution in [0.2, 0.25) is 5.02 Å². The van der Waals surface area contributed by atoms with Crippen molar-refractivity contribution in [3.05, 3.63) is 47.0 Å². The summed E-state index contributed by atoms with van der Waals surface area (Å²) in [5.74, 6) is 0.816. The molecule has 1 aliphatic rings. The monoisotopic (exact) mass is 291 g/mol. The van der Waals surface area contributed by atoms with Crippen molar-refractivity contribution in [3.8, 4) is 5.75 Å². The number of benzene rings is 1. The van der Waals surface area contributed by atoms with Gasteiger partial charge < -0.3 is 14.6 Å². The van der Waals surface area contributed by atoms with Gasteiger partial charge in [0.25, 0.3) is 0 Å². The van der Waals surface area contributed by atoms with E-state index in [0.717, 1.165) is 29.3 Å². The van der Waals surface area contributed by atoms with Gasteiger partial charge >= 0.3 is 0 Å². The number of aromatic nitrogens is 2. The van der Waals surface area contributed by atoms with Crippen molar-refractivity contribution in [1.29, 1.82) is 0 Å². The summed E-state index contributed by atoms with van der Waals surface area (Å²) in [5, 5.41) is 4.23. The number of nitrogens with one attached hydrogen (secondary N) is 1. The van der Waals surface area contributed by atoms with Gasteiger partial charge in [0.2, 0.25) is 0 Å². The molecule has 5 heteroatoms. The van der Waals surface area contributed by atoms with E-state index in [2.05, 4.69) is 14.9 Å². The van der Waals surface area contributed by atoms with Crippen molar-refractivity contribution in [2.24, 2.45) is 0 Å². The highest BCUT2D eigenvalue weighted by Crippen LogP contribution is 2.29. The molecule has 0 spiro atoms. The van der Waals surface area contributed by atoms with E-state index in [9.17, 15) is 0 Å². The van der Waals surface area contributed by atoms with Crippen LogP contribution in [0.4, 0.5) is 0 Å². The smallest absolute Gasteiger partial charge is 0.125 e. The Morgan fingerprint density at radius 3 is 3.15 bits per heavy atom. The van der Waals surface area contributed by atoms with Crippen molar-refractivity contribution >= 4 is 11.6 Å². The molecule has 3 rings (SSSR count). The van der Waals surface area contributed by atoms with E-state index < -0.39 is 0 Å². The molecule has 1 N–H and O–H groups in total. The van der Waals surface area contributed by atoms with Gasteiger partial charge in [0.15, 0.2) is 0 Å². The first kappa shape index (κ1) is 13.5. The summed E-state index contributed by atoms with van der Waals surface area (Å²) in [6.45, 7) is 1.75. The zero-order valence-electron chi connectivity index (χ0n) is 11.5. The Hall–Kier alpha value is -1.52. The molecule has 0 amide bonds. The molecule has 1 aliphatic heterocycles. The lowest BCUT2D eigenvalue weighted by Gasteiger charge is -2.16. The second-order valence-corrected chi connectivity index (χ2v) is 5.42. The van der Waals surface area contributed by atoms with E-state index >= 15 is 0 Å². The van der Waals surface area contributed by atoms with Gasteiger partial charge in [-0.15, -0.1) is 0 Å². The zero-order chi connectivity index (χ0) is 13.9. The van der Waals surface area contributed by atoms with Crippen molar-refractivity contribution in [2.75, 3.05) is 13.7 Å². The van der Waals surface area contributed by atoms with E-state index in [1.165, 1.54) is 12.1 Å². The first-order valence-corrected chi connectivity index (χ1v) is 7.22. The van der Waals surface area contributed by atoms with Crippen LogP contribution in [0.25, 0.3) is 0 Å². The van der Waals surface area contributed by atoms with Gasteiger partial charge in [-0.05, 0) is 31.5 Å². The zero-order valence-corrected chi connectivity index (χ0v) is 12.2. The van der Waals surface area contributed by atoms with Crippen LogP contribution in [0.5, 0.6) is 5.75 Å². The number of rotatable bonds is 4. The van der Waals surface area contributed by atoms with Gasteiger partial charge in [-0.1, -0.05) is 17.7 Å². The predicted octanol–water partition coefficient (Wildman–Crippen LogP) is 3.02. The van der Waals surface area contributed by atoms with E-state index in [-0.39, 0.29) is 0 Å². The Bertz CT molecular complexity index is 591. The van der Waals surface area contributed by atoms with Crippen LogP contribution in [0.3, 0.4) is 0 Å². The molecule has 1 unspecified atom stereocenters. The highest BCUT2D eigenvalue weighted by atomic mass is 35.5. The Balaban J connectivity index is 1.90. The first-order chi connectivity index (χ1) is 9.79. The maximum Gasteiger partial charge on any atom is 0.125 e. The molecule has 2 aromatic rings. The number of nitrogens with zero attached hydrogens (tertiary/aromatic N) is 2. The molecule has 106 valence electrons. The normalized spacial score (nSPS) is 18.4. The molecule has 1 aromatic heterocycles. The summed E-state index contributed by atoms with van der Waals surface area (Å²) in [7, 11) is 1.67. The van der Waals surface area contributed by atoms with E-state index in [0.29, 0.717) is 12.6 Å². The van der Waals surface area contributed by atoms with Crippen molar-refractivity contribution in [3.63, 3.8) is 0 Å². The number of ether oxygens (including phenoxy) is 1. The highest BCUT2D eigenvalue weighted by Gasteiger charge is 2.20. The van der Waals surface area contributed by atoms with Crippen molar-refractivity contribution < 1.29 is 4.74 Å². The van der Waals surface area contributed by atoms with Crippen LogP contribution in [0, 0.1) is 0 Å². The molecule has 2 heterocycles. The number of halogens is 1. The van der Waals surface area contributed by atoms with Crippen molar-refractivity contribution in [1.82, 2.24) is 14.9 Å². The van der Waals surface area contributed by atoms with Crippen LogP contribution >= 0.6 is 11.6 Å². The number of hydrogen-bond acceptors (Lipinski definition) is 3. The molecule has 20 heavy (non-hydrogen) atoms. The highest BCUT2D eigenvalue weighted by molar-refractivity contribution is 6.31. The minimum atomic E-state index is 0.394. The molecule has 0 bridgehead atoms. The van der Waals surface area contributed by atoms with E-state index in [4.69, 9.17) is 16.3 Å². The van der Waals surface area contributed by atoms with Gasteiger partial charge in [0.1, 0.15) is 5.75 Å². The van der Waals surface area contributed by atoms with E-state index in [1.54, 1.807) is 7.11 Å². The Labute approximate surface area is 123 Å². The van der Waals surface area contributed by atoms with Crippen LogP contribution in [-0.2, 0) is 6.54 Å². The largest absolute Gasteiger partial charge is 0.496 e. The summed E-state index contributed by atoms with van der Waals surface area (Å²) in [6.07, 6.45) is 6.17. The fourth-order valence-electron chi connectivity index (χ4n) is 2.74. The summed E-state index contributed by atoms with van der Waals surface area (Å²) < 4.78 is 7.55. The Morgan fingerprint density at radius 1 is 1.50 bits per heavy atom. The summed E-state index contributed by atoms with van der Waals surface area (Å²) >= 11 is 6.31. The molecule has 1 saturated heterocycles. The van der Waals surface area contributed by atoms with Gasteiger partial charge in [0, 0.05) is 22.8 Å². The van der Waals surface area contributed by atoms with Gasteiger partial charge in [-0.3, -0.25) is 0 Å². The fraction of sp³-hybridized carbons (Fsp3) is 0.400. The third-order valence-corrected chi connectivity index (χ3v) is 4.14. The SMILES string of the molecule is COc1cccc(Cl)c1Cn1cncc1C1CCCN1. The third-order valence-electron chi connectivity index (χ3n) is 3.79. The molecule has 1 atom stereocenters. The lowest BCUT2D eigenvalue weighted by atomic mass is 10.1. The van der Waals surface area contributed by atoms with Gasteiger partial charge in [-0.2, -0.15) is 0 Å². The second kappa shape index (κ2) is 5.85. The topological polar surface area (TPSA) is 39.1 Å². The van der Waals surface area contributed by atoms with Crippen LogP contribution in [-0.4, -0.2) is 23.2 Å². The average molecular weight is 292 g/mol. The molecule has 0 aliphatic carbocycles. The standard InChI is InChI=1S/C15H18ClN3O/c1-20-15-6-2-4-12(16)11(15)9-19-10-17-8-14(19)13-5-3-7-18-13/h2,4,6,8,10,13,18H,3,5,7,9H2,1H3. The van der Waals surface area contributed by atoms with Crippen LogP contribution < -0.4 is 10.1 Å². The van der Waals surface area contributed by atoms with Gasteiger partial charge in [0.05, 0.1) is 25.7 Å². The molecule has 0 radical (unpaired) electrons. The summed E-state index contributed by atoms with van der Waals surface area (Å²) in [6, 6.07) is 6.12. The molecular formula is C15H18ClN3O. The lowest BCUT2D eigenvalue weighted by molar-refractivity contribution is 0.408. The fourth-order valence-corrected chi connectivity index (χ4v) is 2.97. The molecule has 0 saturated carbocycles. The predicted molar refractivity (Wildman–Crippen MR) is 79.3 cm³/mol. The molecule has 1 aromatic carbocycles. The minimum absolute atomic E-state index is 0.394. The Morgan fingerprint density at radius 2 is 2.40 bits per heavy atom. The Kier molecular flexibility index (Phi) is 3.94. The van der Waals surface area contributed by atoms with Crippen LogP contribution in [0.1, 0.15) is 30.1 Å². The molecular weight excluding hydrogens is 274 g/mol. The summed E-state index contributed by atoms with van der Waals surface area (Å²) in [5.41, 5.74) is 2.21. The second-order valence-electron chi connectivity index (χ2n) is 5.02. The lowest BCUT2D eigenvalue weighted by Crippen LogP contribution is -2.17. The minimum Gasteiger partial charge on any atom is -0.496 e. The number of methoxy groups -OCH3 is 1. The molecule has 1 fully saturated rings. The maximum absolute atomic E-state index is 6.31. The van der Waals surface area contributed by atoms with Gasteiger partial charge in [-0.25, -0.2) is 4.98 Å². The quantitative estimate of drug-likeness (QED) is 0.941. The van der Waals surface area contributed by atoms with E-state index in [1.807, 2.05) is 30.7 Å². The number of hydrogen-bond donors (Lipinski definition) is 1.